The predicted octanol–water partition coefficient (Wildman–Crippen LogP) is 0.161. The van der Waals surface area contributed by atoms with Crippen molar-refractivity contribution in [3.63, 3.8) is 0 Å². The van der Waals surface area contributed by atoms with Crippen molar-refractivity contribution in [3.05, 3.63) is 23.8 Å². The number of anilines is 2. The summed E-state index contributed by atoms with van der Waals surface area (Å²) in [5.41, 5.74) is 7.37. The van der Waals surface area contributed by atoms with Gasteiger partial charge in [-0.15, -0.1) is 0 Å². The molecule has 1 aromatic carbocycles. The molecule has 7 nitrogen and oxygen atoms in total. The van der Waals surface area contributed by atoms with Crippen LogP contribution in [-0.4, -0.2) is 49.7 Å². The SMILES string of the molecule is Cc1ccc(N)c(NC(=O)C(=O)N(C)C2CCS(=O)(=O)C2)c1. The fourth-order valence-electron chi connectivity index (χ4n) is 2.36. The van der Waals surface area contributed by atoms with E-state index in [9.17, 15) is 18.0 Å². The van der Waals surface area contributed by atoms with Gasteiger partial charge >= 0.3 is 11.8 Å². The summed E-state index contributed by atoms with van der Waals surface area (Å²) in [6.45, 7) is 1.84. The van der Waals surface area contributed by atoms with E-state index < -0.39 is 27.7 Å². The topological polar surface area (TPSA) is 110 Å². The van der Waals surface area contributed by atoms with E-state index in [4.69, 9.17) is 5.73 Å². The van der Waals surface area contributed by atoms with E-state index in [0.717, 1.165) is 5.56 Å². The molecule has 1 heterocycles. The Balaban J connectivity index is 2.06. The van der Waals surface area contributed by atoms with Gasteiger partial charge in [0.1, 0.15) is 0 Å². The summed E-state index contributed by atoms with van der Waals surface area (Å²) in [7, 11) is -1.68. The molecule has 2 rings (SSSR count). The zero-order valence-corrected chi connectivity index (χ0v) is 13.3. The number of carbonyl (C=O) groups is 2. The van der Waals surface area contributed by atoms with Crippen molar-refractivity contribution >= 4 is 33.0 Å². The molecule has 1 fully saturated rings. The highest BCUT2D eigenvalue weighted by Gasteiger charge is 2.34. The normalized spacial score (nSPS) is 19.6. The van der Waals surface area contributed by atoms with E-state index in [1.54, 1.807) is 18.2 Å². The molecule has 0 radical (unpaired) electrons. The van der Waals surface area contributed by atoms with Crippen LogP contribution in [0.2, 0.25) is 0 Å². The summed E-state index contributed by atoms with van der Waals surface area (Å²) in [6, 6.07) is 4.64. The molecule has 120 valence electrons. The van der Waals surface area contributed by atoms with E-state index in [0.29, 0.717) is 17.8 Å². The number of hydrogen-bond acceptors (Lipinski definition) is 5. The quantitative estimate of drug-likeness (QED) is 0.594. The van der Waals surface area contributed by atoms with E-state index >= 15 is 0 Å². The lowest BCUT2D eigenvalue weighted by Gasteiger charge is -2.22. The third-order valence-electron chi connectivity index (χ3n) is 3.73. The first-order chi connectivity index (χ1) is 10.2. The number of carbonyl (C=O) groups excluding carboxylic acids is 2. The van der Waals surface area contributed by atoms with Crippen LogP contribution in [0.15, 0.2) is 18.2 Å². The van der Waals surface area contributed by atoms with Crippen LogP contribution in [0.1, 0.15) is 12.0 Å². The molecule has 0 aliphatic carbocycles. The van der Waals surface area contributed by atoms with Crippen LogP contribution in [0.3, 0.4) is 0 Å². The van der Waals surface area contributed by atoms with Crippen molar-refractivity contribution in [2.24, 2.45) is 0 Å². The average molecular weight is 325 g/mol. The van der Waals surface area contributed by atoms with Crippen LogP contribution in [0.4, 0.5) is 11.4 Å². The van der Waals surface area contributed by atoms with Crippen LogP contribution in [0.5, 0.6) is 0 Å². The van der Waals surface area contributed by atoms with Crippen LogP contribution >= 0.6 is 0 Å². The minimum absolute atomic E-state index is 0.0434. The minimum Gasteiger partial charge on any atom is -0.397 e. The number of nitrogen functional groups attached to an aromatic ring is 1. The number of nitrogens with zero attached hydrogens (tertiary/aromatic N) is 1. The molecular weight excluding hydrogens is 306 g/mol. The highest BCUT2D eigenvalue weighted by Crippen LogP contribution is 2.20. The predicted molar refractivity (Wildman–Crippen MR) is 84.0 cm³/mol. The Labute approximate surface area is 129 Å². The molecule has 0 saturated carbocycles. The lowest BCUT2D eigenvalue weighted by molar-refractivity contribution is -0.143. The summed E-state index contributed by atoms with van der Waals surface area (Å²) in [4.78, 5) is 25.3. The maximum absolute atomic E-state index is 12.1. The van der Waals surface area contributed by atoms with Gasteiger partial charge in [0.15, 0.2) is 9.84 Å². The number of likely N-dealkylation sites (N-methyl/N-ethyl adjacent to an activating group) is 1. The third-order valence-corrected chi connectivity index (χ3v) is 5.48. The van der Waals surface area contributed by atoms with Gasteiger partial charge in [0.05, 0.1) is 22.9 Å². The molecule has 0 bridgehead atoms. The van der Waals surface area contributed by atoms with E-state index in [1.807, 2.05) is 6.92 Å². The molecule has 3 N–H and O–H groups in total. The molecule has 8 heteroatoms. The van der Waals surface area contributed by atoms with Gasteiger partial charge in [0.2, 0.25) is 0 Å². The number of aryl methyl sites for hydroxylation is 1. The summed E-state index contributed by atoms with van der Waals surface area (Å²) < 4.78 is 22.9. The van der Waals surface area contributed by atoms with Gasteiger partial charge in [-0.05, 0) is 31.0 Å². The van der Waals surface area contributed by atoms with Gasteiger partial charge in [-0.25, -0.2) is 8.42 Å². The fraction of sp³-hybridized carbons (Fsp3) is 0.429. The first-order valence-electron chi connectivity index (χ1n) is 6.84. The van der Waals surface area contributed by atoms with Crippen molar-refractivity contribution in [2.45, 2.75) is 19.4 Å². The van der Waals surface area contributed by atoms with Crippen LogP contribution in [0, 0.1) is 6.92 Å². The van der Waals surface area contributed by atoms with Crippen molar-refractivity contribution in [3.8, 4) is 0 Å². The zero-order chi connectivity index (χ0) is 16.5. The monoisotopic (exact) mass is 325 g/mol. The highest BCUT2D eigenvalue weighted by atomic mass is 32.2. The molecule has 1 unspecified atom stereocenters. The number of amides is 2. The molecule has 22 heavy (non-hydrogen) atoms. The maximum atomic E-state index is 12.1. The Morgan fingerprint density at radius 3 is 2.64 bits per heavy atom. The number of nitrogens with one attached hydrogen (secondary N) is 1. The minimum atomic E-state index is -3.12. The fourth-order valence-corrected chi connectivity index (χ4v) is 4.14. The zero-order valence-electron chi connectivity index (χ0n) is 12.5. The van der Waals surface area contributed by atoms with Crippen molar-refractivity contribution in [2.75, 3.05) is 29.6 Å². The Morgan fingerprint density at radius 1 is 1.36 bits per heavy atom. The van der Waals surface area contributed by atoms with Gasteiger partial charge < -0.3 is 16.0 Å². The second-order valence-corrected chi connectivity index (χ2v) is 7.75. The van der Waals surface area contributed by atoms with Gasteiger partial charge in [0.25, 0.3) is 0 Å². The van der Waals surface area contributed by atoms with Gasteiger partial charge in [-0.3, -0.25) is 9.59 Å². The van der Waals surface area contributed by atoms with Gasteiger partial charge in [0, 0.05) is 13.1 Å². The second kappa shape index (κ2) is 5.96. The Bertz CT molecular complexity index is 715. The average Bonchev–Trinajstić information content (AvgIpc) is 2.81. The summed E-state index contributed by atoms with van der Waals surface area (Å²) in [5, 5.41) is 2.47. The first-order valence-corrected chi connectivity index (χ1v) is 8.66. The number of sulfone groups is 1. The number of nitrogens with two attached hydrogens (primary N) is 1. The molecule has 1 aliphatic rings. The van der Waals surface area contributed by atoms with Crippen LogP contribution in [0.25, 0.3) is 0 Å². The van der Waals surface area contributed by atoms with E-state index in [2.05, 4.69) is 5.32 Å². The number of rotatable bonds is 2. The largest absolute Gasteiger partial charge is 0.397 e. The second-order valence-electron chi connectivity index (χ2n) is 5.52. The molecule has 1 atom stereocenters. The highest BCUT2D eigenvalue weighted by molar-refractivity contribution is 7.91. The third kappa shape index (κ3) is 3.56. The summed E-state index contributed by atoms with van der Waals surface area (Å²) in [5.74, 6) is -1.66. The Hall–Kier alpha value is -2.09. The molecule has 0 aromatic heterocycles. The van der Waals surface area contributed by atoms with Crippen molar-refractivity contribution in [1.82, 2.24) is 4.90 Å². The molecule has 0 spiro atoms. The van der Waals surface area contributed by atoms with E-state index in [-0.39, 0.29) is 11.5 Å². The van der Waals surface area contributed by atoms with Crippen LogP contribution in [-0.2, 0) is 19.4 Å². The molecule has 2 amide bonds. The molecular formula is C14H19N3O4S. The standard InChI is InChI=1S/C14H19N3O4S/c1-9-3-4-11(15)12(7-9)16-13(18)14(19)17(2)10-5-6-22(20,21)8-10/h3-4,7,10H,5-6,8,15H2,1-2H3,(H,16,18). The van der Waals surface area contributed by atoms with Gasteiger partial charge in [-0.1, -0.05) is 6.07 Å². The van der Waals surface area contributed by atoms with Crippen molar-refractivity contribution < 1.29 is 18.0 Å². The number of hydrogen-bond donors (Lipinski definition) is 2. The van der Waals surface area contributed by atoms with E-state index in [1.165, 1.54) is 11.9 Å². The molecule has 1 aromatic rings. The Kier molecular flexibility index (Phi) is 4.41. The first kappa shape index (κ1) is 16.3. The van der Waals surface area contributed by atoms with Crippen molar-refractivity contribution in [1.29, 1.82) is 0 Å². The molecule has 1 aliphatic heterocycles. The maximum Gasteiger partial charge on any atom is 0.313 e. The Morgan fingerprint density at radius 2 is 2.05 bits per heavy atom. The lowest BCUT2D eigenvalue weighted by Crippen LogP contribution is -2.44. The smallest absolute Gasteiger partial charge is 0.313 e. The number of benzene rings is 1. The molecule has 1 saturated heterocycles. The van der Waals surface area contributed by atoms with Crippen LogP contribution < -0.4 is 11.1 Å². The lowest BCUT2D eigenvalue weighted by atomic mass is 10.2. The summed E-state index contributed by atoms with van der Waals surface area (Å²) >= 11 is 0. The summed E-state index contributed by atoms with van der Waals surface area (Å²) in [6.07, 6.45) is 0.352. The van der Waals surface area contributed by atoms with Gasteiger partial charge in [-0.2, -0.15) is 0 Å².